The van der Waals surface area contributed by atoms with Crippen LogP contribution >= 0.6 is 23.1 Å². The number of hydrogen-bond donors (Lipinski definition) is 1. The number of thiophene rings is 1. The summed E-state index contributed by atoms with van der Waals surface area (Å²) in [6, 6.07) is 11.9. The zero-order valence-electron chi connectivity index (χ0n) is 16.3. The number of aromatic nitrogens is 2. The first-order valence-electron chi connectivity index (χ1n) is 9.23. The molecule has 0 unspecified atom stereocenters. The van der Waals surface area contributed by atoms with Crippen molar-refractivity contribution in [3.8, 4) is 11.1 Å². The summed E-state index contributed by atoms with van der Waals surface area (Å²) in [5, 5.41) is 10.9. The second-order valence-electron chi connectivity index (χ2n) is 7.03. The maximum atomic E-state index is 11.0. The highest BCUT2D eigenvalue weighted by atomic mass is 32.2. The zero-order chi connectivity index (χ0) is 20.5. The van der Waals surface area contributed by atoms with Crippen molar-refractivity contribution in [2.45, 2.75) is 37.5 Å². The van der Waals surface area contributed by atoms with Gasteiger partial charge >= 0.3 is 5.97 Å². The molecule has 1 aromatic carbocycles. The molecule has 0 bridgehead atoms. The molecule has 0 fully saturated rings. The van der Waals surface area contributed by atoms with E-state index in [1.165, 1.54) is 28.3 Å². The zero-order valence-corrected chi connectivity index (χ0v) is 17.9. The second kappa shape index (κ2) is 8.00. The molecule has 148 valence electrons. The summed E-state index contributed by atoms with van der Waals surface area (Å²) in [6.07, 6.45) is 1.58. The fourth-order valence-corrected chi connectivity index (χ4v) is 5.20. The molecule has 0 amide bonds. The van der Waals surface area contributed by atoms with Gasteiger partial charge in [0.15, 0.2) is 0 Å². The van der Waals surface area contributed by atoms with Gasteiger partial charge in [0.05, 0.1) is 11.1 Å². The Morgan fingerprint density at radius 2 is 1.93 bits per heavy atom. The Kier molecular flexibility index (Phi) is 5.43. The highest BCUT2D eigenvalue weighted by Gasteiger charge is 2.18. The van der Waals surface area contributed by atoms with Crippen molar-refractivity contribution in [2.75, 3.05) is 0 Å². The number of hydrogen-bond acceptors (Lipinski definition) is 6. The van der Waals surface area contributed by atoms with Crippen LogP contribution in [0.5, 0.6) is 0 Å². The fraction of sp³-hybridized carbons (Fsp3) is 0.227. The first kappa shape index (κ1) is 19.7. The smallest absolute Gasteiger partial charge is 0.371 e. The van der Waals surface area contributed by atoms with E-state index >= 15 is 0 Å². The number of aryl methyl sites for hydroxylation is 1. The molecule has 0 saturated heterocycles. The van der Waals surface area contributed by atoms with Crippen LogP contribution in [0, 0.1) is 6.92 Å². The third-order valence-corrected chi connectivity index (χ3v) is 6.74. The Morgan fingerprint density at radius 1 is 1.17 bits per heavy atom. The Bertz CT molecular complexity index is 1180. The molecule has 0 aliphatic heterocycles. The van der Waals surface area contributed by atoms with Crippen LogP contribution in [0.1, 0.15) is 46.5 Å². The number of nitrogens with zero attached hydrogens (tertiary/aromatic N) is 2. The van der Waals surface area contributed by atoms with Gasteiger partial charge in [-0.15, -0.1) is 11.3 Å². The van der Waals surface area contributed by atoms with Gasteiger partial charge < -0.3 is 9.52 Å². The van der Waals surface area contributed by atoms with E-state index in [1.807, 2.05) is 0 Å². The van der Waals surface area contributed by atoms with Crippen molar-refractivity contribution in [1.82, 2.24) is 9.97 Å². The molecule has 7 heteroatoms. The van der Waals surface area contributed by atoms with Crippen LogP contribution in [0.15, 0.2) is 52.2 Å². The van der Waals surface area contributed by atoms with Crippen LogP contribution in [0.3, 0.4) is 0 Å². The summed E-state index contributed by atoms with van der Waals surface area (Å²) in [5.74, 6) is 0.480. The summed E-state index contributed by atoms with van der Waals surface area (Å²) in [4.78, 5) is 22.1. The summed E-state index contributed by atoms with van der Waals surface area (Å²) < 4.78 is 5.37. The van der Waals surface area contributed by atoms with Gasteiger partial charge in [-0.1, -0.05) is 49.9 Å². The highest BCUT2D eigenvalue weighted by Crippen LogP contribution is 2.42. The molecule has 0 atom stereocenters. The molecule has 4 rings (SSSR count). The van der Waals surface area contributed by atoms with E-state index in [2.05, 4.69) is 55.0 Å². The number of rotatable bonds is 6. The second-order valence-corrected chi connectivity index (χ2v) is 9.20. The van der Waals surface area contributed by atoms with Crippen LogP contribution in [-0.2, 0) is 5.75 Å². The van der Waals surface area contributed by atoms with Gasteiger partial charge in [-0.25, -0.2) is 14.8 Å². The number of fused-ring (bicyclic) bond motifs is 1. The van der Waals surface area contributed by atoms with Crippen LogP contribution < -0.4 is 0 Å². The minimum atomic E-state index is -1.06. The van der Waals surface area contributed by atoms with Crippen LogP contribution in [0.2, 0.25) is 0 Å². The molecular weight excluding hydrogens is 404 g/mol. The maximum absolute atomic E-state index is 11.0. The minimum Gasteiger partial charge on any atom is -0.475 e. The quantitative estimate of drug-likeness (QED) is 0.286. The van der Waals surface area contributed by atoms with Gasteiger partial charge in [0.25, 0.3) is 0 Å². The van der Waals surface area contributed by atoms with Crippen LogP contribution in [-0.4, -0.2) is 21.0 Å². The summed E-state index contributed by atoms with van der Waals surface area (Å²) in [5.41, 5.74) is 3.62. The van der Waals surface area contributed by atoms with Crippen molar-refractivity contribution >= 4 is 39.3 Å². The molecule has 3 aromatic heterocycles. The lowest BCUT2D eigenvalue weighted by Gasteiger charge is -2.09. The fourth-order valence-electron chi connectivity index (χ4n) is 3.22. The van der Waals surface area contributed by atoms with Gasteiger partial charge in [0, 0.05) is 10.4 Å². The standard InChI is InChI=1S/C22H20N2O3S2/c1-12(2)14-4-6-15(7-5-14)18-13(3)29-21-19(18)20(23-11-24-21)28-10-16-8-9-17(27-16)22(25)26/h4-9,11-12H,10H2,1-3H3,(H,25,26). The van der Waals surface area contributed by atoms with E-state index in [-0.39, 0.29) is 5.76 Å². The van der Waals surface area contributed by atoms with Crippen molar-refractivity contribution in [3.05, 3.63) is 64.7 Å². The first-order chi connectivity index (χ1) is 13.9. The van der Waals surface area contributed by atoms with Crippen LogP contribution in [0.25, 0.3) is 21.3 Å². The molecule has 4 aromatic rings. The number of carboxylic acid groups (broad SMARTS) is 1. The topological polar surface area (TPSA) is 76.2 Å². The number of carboxylic acids is 1. The number of thioether (sulfide) groups is 1. The number of aromatic carboxylic acids is 1. The lowest BCUT2D eigenvalue weighted by Crippen LogP contribution is -1.92. The van der Waals surface area contributed by atoms with Crippen LogP contribution in [0.4, 0.5) is 0 Å². The Labute approximate surface area is 176 Å². The highest BCUT2D eigenvalue weighted by molar-refractivity contribution is 7.98. The molecule has 29 heavy (non-hydrogen) atoms. The van der Waals surface area contributed by atoms with E-state index in [0.29, 0.717) is 17.4 Å². The van der Waals surface area contributed by atoms with Crippen molar-refractivity contribution < 1.29 is 14.3 Å². The predicted octanol–water partition coefficient (Wildman–Crippen LogP) is 6.37. The number of carbonyl (C=O) groups is 1. The van der Waals surface area contributed by atoms with Gasteiger partial charge in [0.2, 0.25) is 5.76 Å². The molecule has 0 radical (unpaired) electrons. The van der Waals surface area contributed by atoms with Gasteiger partial charge in [-0.3, -0.25) is 0 Å². The molecule has 5 nitrogen and oxygen atoms in total. The Hall–Kier alpha value is -2.64. The van der Waals surface area contributed by atoms with Crippen molar-refractivity contribution in [1.29, 1.82) is 0 Å². The van der Waals surface area contributed by atoms with Crippen molar-refractivity contribution in [2.24, 2.45) is 0 Å². The summed E-state index contributed by atoms with van der Waals surface area (Å²) >= 11 is 3.19. The summed E-state index contributed by atoms with van der Waals surface area (Å²) in [6.45, 7) is 6.48. The maximum Gasteiger partial charge on any atom is 0.371 e. The lowest BCUT2D eigenvalue weighted by atomic mass is 9.98. The van der Waals surface area contributed by atoms with Gasteiger partial charge in [0.1, 0.15) is 21.9 Å². The Balaban J connectivity index is 1.70. The van der Waals surface area contributed by atoms with Gasteiger partial charge in [-0.2, -0.15) is 0 Å². The Morgan fingerprint density at radius 3 is 2.59 bits per heavy atom. The molecule has 0 saturated carbocycles. The first-order valence-corrected chi connectivity index (χ1v) is 11.0. The van der Waals surface area contributed by atoms with Gasteiger partial charge in [-0.05, 0) is 36.1 Å². The van der Waals surface area contributed by atoms with E-state index < -0.39 is 5.97 Å². The SMILES string of the molecule is Cc1sc2ncnc(SCc3ccc(C(=O)O)o3)c2c1-c1ccc(C(C)C)cc1. The monoisotopic (exact) mass is 424 g/mol. The minimum absolute atomic E-state index is 0.0502. The lowest BCUT2D eigenvalue weighted by molar-refractivity contribution is 0.0661. The molecule has 0 aliphatic carbocycles. The van der Waals surface area contributed by atoms with E-state index in [9.17, 15) is 4.79 Å². The number of furan rings is 1. The molecule has 1 N–H and O–H groups in total. The van der Waals surface area contributed by atoms with E-state index in [1.54, 1.807) is 23.7 Å². The third-order valence-electron chi connectivity index (χ3n) is 4.72. The summed E-state index contributed by atoms with van der Waals surface area (Å²) in [7, 11) is 0. The number of benzene rings is 1. The predicted molar refractivity (Wildman–Crippen MR) is 117 cm³/mol. The molecule has 0 aliphatic rings. The largest absolute Gasteiger partial charge is 0.475 e. The third kappa shape index (κ3) is 3.93. The average Bonchev–Trinajstić information content (AvgIpc) is 3.30. The average molecular weight is 425 g/mol. The normalized spacial score (nSPS) is 11.4. The molecule has 3 heterocycles. The van der Waals surface area contributed by atoms with E-state index in [0.717, 1.165) is 26.4 Å². The molecular formula is C22H20N2O3S2. The molecule has 0 spiro atoms. The van der Waals surface area contributed by atoms with Crippen molar-refractivity contribution in [3.63, 3.8) is 0 Å². The van der Waals surface area contributed by atoms with E-state index in [4.69, 9.17) is 9.52 Å².